The summed E-state index contributed by atoms with van der Waals surface area (Å²) in [5.41, 5.74) is 0.882. The Morgan fingerprint density at radius 3 is 1.89 bits per heavy atom. The fourth-order valence-corrected chi connectivity index (χ4v) is 3.78. The molecule has 0 amide bonds. The monoisotopic (exact) mass is 272 g/mol. The van der Waals surface area contributed by atoms with Gasteiger partial charge in [0.1, 0.15) is 0 Å². The second-order valence-electron chi connectivity index (χ2n) is 3.73. The van der Waals surface area contributed by atoms with E-state index in [4.69, 9.17) is 22.6 Å². The van der Waals surface area contributed by atoms with Gasteiger partial charge in [-0.2, -0.15) is 0 Å². The number of hydrogen-bond donors (Lipinski definition) is 0. The zero-order valence-corrected chi connectivity index (χ0v) is 11.8. The average Bonchev–Trinajstić information content (AvgIpc) is 2.76. The third kappa shape index (κ3) is 1.89. The van der Waals surface area contributed by atoms with E-state index in [0.717, 1.165) is 5.56 Å². The molecule has 5 nitrogen and oxygen atoms in total. The first-order chi connectivity index (χ1) is 8.58. The van der Waals surface area contributed by atoms with Gasteiger partial charge in [0.25, 0.3) is 0 Å². The molecule has 0 bridgehead atoms. The van der Waals surface area contributed by atoms with Crippen LogP contribution in [-0.2, 0) is 22.6 Å². The molecule has 1 aromatic rings. The molecular weight excluding hydrogens is 255 g/mol. The first-order valence-corrected chi connectivity index (χ1v) is 7.28. The molecule has 1 aliphatic heterocycles. The van der Waals surface area contributed by atoms with Crippen LogP contribution in [0.1, 0.15) is 12.5 Å². The minimum atomic E-state index is -3.96. The number of benzene rings is 1. The van der Waals surface area contributed by atoms with Crippen molar-refractivity contribution in [3.63, 3.8) is 0 Å². The SMILES string of the molecule is COP1(OC)(OC)OC(C)=C(c2ccccc2)O1. The van der Waals surface area contributed by atoms with Gasteiger partial charge in [-0.1, -0.05) is 0 Å². The van der Waals surface area contributed by atoms with Crippen molar-refractivity contribution in [2.75, 3.05) is 21.3 Å². The van der Waals surface area contributed by atoms with Gasteiger partial charge in [-0.3, -0.25) is 0 Å². The number of hydrogen-bond acceptors (Lipinski definition) is 5. The summed E-state index contributed by atoms with van der Waals surface area (Å²) in [5.74, 6) is 1.14. The van der Waals surface area contributed by atoms with Gasteiger partial charge in [-0.05, 0) is 0 Å². The van der Waals surface area contributed by atoms with Gasteiger partial charge in [-0.25, -0.2) is 0 Å². The van der Waals surface area contributed by atoms with Crippen molar-refractivity contribution < 1.29 is 22.6 Å². The second kappa shape index (κ2) is 4.52. The fraction of sp³-hybridized carbons (Fsp3) is 0.333. The van der Waals surface area contributed by atoms with Gasteiger partial charge in [0.05, 0.1) is 0 Å². The average molecular weight is 272 g/mol. The molecule has 0 saturated heterocycles. The summed E-state index contributed by atoms with van der Waals surface area (Å²) < 4.78 is 27.4. The molecule has 0 unspecified atom stereocenters. The van der Waals surface area contributed by atoms with Crippen molar-refractivity contribution in [3.05, 3.63) is 41.7 Å². The predicted octanol–water partition coefficient (Wildman–Crippen LogP) is 3.49. The van der Waals surface area contributed by atoms with Crippen LogP contribution in [0.15, 0.2) is 36.1 Å². The molecule has 0 N–H and O–H groups in total. The summed E-state index contributed by atoms with van der Waals surface area (Å²) in [6.07, 6.45) is 0. The van der Waals surface area contributed by atoms with E-state index in [1.165, 1.54) is 21.3 Å². The number of rotatable bonds is 4. The van der Waals surface area contributed by atoms with Crippen molar-refractivity contribution in [3.8, 4) is 0 Å². The molecular formula is C12H17O5P. The standard InChI is InChI=1S/C12H17O5P/c1-10-12(11-8-6-5-7-9-11)17-18(13-2,14-3,15-4)16-10/h5-9H,1-4H3. The maximum atomic E-state index is 5.80. The van der Waals surface area contributed by atoms with Crippen LogP contribution in [0, 0.1) is 0 Å². The van der Waals surface area contributed by atoms with Crippen molar-refractivity contribution in [1.29, 1.82) is 0 Å². The summed E-state index contributed by atoms with van der Waals surface area (Å²) in [4.78, 5) is 0. The van der Waals surface area contributed by atoms with Crippen molar-refractivity contribution in [2.45, 2.75) is 6.92 Å². The molecule has 0 aliphatic carbocycles. The fourth-order valence-electron chi connectivity index (χ4n) is 1.79. The third-order valence-electron chi connectivity index (χ3n) is 2.78. The molecule has 18 heavy (non-hydrogen) atoms. The van der Waals surface area contributed by atoms with E-state index in [-0.39, 0.29) is 0 Å². The Morgan fingerprint density at radius 2 is 1.44 bits per heavy atom. The van der Waals surface area contributed by atoms with E-state index in [0.29, 0.717) is 11.5 Å². The zero-order chi connectivity index (χ0) is 13.3. The molecule has 1 aromatic carbocycles. The second-order valence-corrected chi connectivity index (χ2v) is 6.68. The van der Waals surface area contributed by atoms with Crippen LogP contribution in [0.4, 0.5) is 0 Å². The van der Waals surface area contributed by atoms with Crippen LogP contribution in [0.2, 0.25) is 0 Å². The summed E-state index contributed by atoms with van der Waals surface area (Å²) in [6.45, 7) is 1.79. The summed E-state index contributed by atoms with van der Waals surface area (Å²) in [6, 6.07) is 9.59. The van der Waals surface area contributed by atoms with Gasteiger partial charge in [-0.15, -0.1) is 0 Å². The topological polar surface area (TPSA) is 46.2 Å². The molecule has 0 atom stereocenters. The van der Waals surface area contributed by atoms with Gasteiger partial charge in [0, 0.05) is 0 Å². The molecule has 0 aromatic heterocycles. The minimum absolute atomic E-state index is 0.568. The van der Waals surface area contributed by atoms with Crippen molar-refractivity contribution in [1.82, 2.24) is 0 Å². The molecule has 2 rings (SSSR count). The van der Waals surface area contributed by atoms with E-state index in [2.05, 4.69) is 0 Å². The maximum absolute atomic E-state index is 5.80. The van der Waals surface area contributed by atoms with Crippen molar-refractivity contribution in [2.24, 2.45) is 0 Å². The molecule has 1 aliphatic rings. The van der Waals surface area contributed by atoms with E-state index in [9.17, 15) is 0 Å². The van der Waals surface area contributed by atoms with Crippen LogP contribution < -0.4 is 0 Å². The van der Waals surface area contributed by atoms with Crippen LogP contribution >= 0.6 is 7.74 Å². The molecule has 0 saturated carbocycles. The molecule has 0 radical (unpaired) electrons. The van der Waals surface area contributed by atoms with E-state index in [1.54, 1.807) is 6.92 Å². The van der Waals surface area contributed by atoms with E-state index >= 15 is 0 Å². The van der Waals surface area contributed by atoms with Crippen LogP contribution in [-0.4, -0.2) is 21.3 Å². The van der Waals surface area contributed by atoms with Gasteiger partial charge < -0.3 is 0 Å². The Balaban J connectivity index is 2.40. The van der Waals surface area contributed by atoms with Gasteiger partial charge >= 0.3 is 106 Å². The van der Waals surface area contributed by atoms with Crippen LogP contribution in [0.25, 0.3) is 5.76 Å². The summed E-state index contributed by atoms with van der Waals surface area (Å²) in [5, 5.41) is 0. The summed E-state index contributed by atoms with van der Waals surface area (Å²) >= 11 is 0. The quantitative estimate of drug-likeness (QED) is 0.785. The van der Waals surface area contributed by atoms with E-state index in [1.807, 2.05) is 30.3 Å². The normalized spacial score (nSPS) is 22.8. The Kier molecular flexibility index (Phi) is 3.34. The molecule has 0 fully saturated rings. The molecule has 6 heteroatoms. The first-order valence-electron chi connectivity index (χ1n) is 5.46. The summed E-state index contributed by atoms with van der Waals surface area (Å²) in [7, 11) is 0.346. The van der Waals surface area contributed by atoms with E-state index < -0.39 is 7.74 Å². The molecule has 1 heterocycles. The first kappa shape index (κ1) is 13.3. The molecule has 0 spiro atoms. The third-order valence-corrected chi connectivity index (χ3v) is 5.62. The molecule has 100 valence electrons. The zero-order valence-electron chi connectivity index (χ0n) is 10.9. The number of allylic oxidation sites excluding steroid dienone is 1. The van der Waals surface area contributed by atoms with Gasteiger partial charge in [0.2, 0.25) is 0 Å². The van der Waals surface area contributed by atoms with Gasteiger partial charge in [0.15, 0.2) is 0 Å². The Bertz CT molecular complexity index is 456. The Hall–Kier alpha value is -1.13. The Morgan fingerprint density at radius 1 is 0.889 bits per heavy atom. The van der Waals surface area contributed by atoms with Crippen LogP contribution in [0.3, 0.4) is 0 Å². The Labute approximate surface area is 107 Å². The van der Waals surface area contributed by atoms with Crippen molar-refractivity contribution >= 4 is 13.5 Å². The van der Waals surface area contributed by atoms with Crippen LogP contribution in [0.5, 0.6) is 0 Å². The predicted molar refractivity (Wildman–Crippen MR) is 69.2 cm³/mol.